The number of ether oxygens (including phenoxy) is 2. The molecule has 0 spiro atoms. The molecule has 206 valence electrons. The molecule has 1 unspecified atom stereocenters. The van der Waals surface area contributed by atoms with E-state index >= 15 is 4.39 Å². The van der Waals surface area contributed by atoms with Gasteiger partial charge in [0.15, 0.2) is 0 Å². The Balaban J connectivity index is 1.51. The second kappa shape index (κ2) is 11.3. The van der Waals surface area contributed by atoms with Crippen molar-refractivity contribution in [2.75, 3.05) is 20.2 Å². The molecule has 5 rings (SSSR count). The molecule has 3 atom stereocenters. The Morgan fingerprint density at radius 2 is 1.95 bits per heavy atom. The van der Waals surface area contributed by atoms with Gasteiger partial charge in [-0.15, -0.1) is 0 Å². The van der Waals surface area contributed by atoms with Gasteiger partial charge in [-0.25, -0.2) is 13.8 Å². The molecule has 39 heavy (non-hydrogen) atoms. The highest BCUT2D eigenvalue weighted by molar-refractivity contribution is 5.71. The summed E-state index contributed by atoms with van der Waals surface area (Å²) < 4.78 is 42.7. The summed E-state index contributed by atoms with van der Waals surface area (Å²) in [6.07, 6.45) is 2.52. The van der Waals surface area contributed by atoms with Crippen molar-refractivity contribution >= 4 is 5.97 Å². The first kappa shape index (κ1) is 27.0. The maximum absolute atomic E-state index is 16.4. The van der Waals surface area contributed by atoms with Crippen molar-refractivity contribution in [1.29, 1.82) is 0 Å². The number of hydrogen-bond acceptors (Lipinski definition) is 6. The second-order valence-electron chi connectivity index (χ2n) is 10.3. The van der Waals surface area contributed by atoms with Crippen molar-refractivity contribution in [3.8, 4) is 22.8 Å². The monoisotopic (exact) mass is 538 g/mol. The van der Waals surface area contributed by atoms with Crippen LogP contribution in [-0.2, 0) is 17.8 Å². The number of likely N-dealkylation sites (tertiary alicyclic amines) is 1. The number of aliphatic carboxylic acids is 1. The Kier molecular flexibility index (Phi) is 7.81. The van der Waals surface area contributed by atoms with Crippen molar-refractivity contribution in [1.82, 2.24) is 9.88 Å². The SMILES string of the molecule is COc1cc(-c2ccc(C3CCc4ccc([C@H](O)[C@H](C)C(=O)O)cc4O3)c(F)c2CN2CCCC2)c(F)cn1. The molecule has 1 saturated heterocycles. The molecule has 2 aliphatic heterocycles. The molecule has 0 radical (unpaired) electrons. The van der Waals surface area contributed by atoms with Crippen molar-refractivity contribution in [2.45, 2.75) is 51.4 Å². The third kappa shape index (κ3) is 5.46. The van der Waals surface area contributed by atoms with Crippen LogP contribution in [0.1, 0.15) is 60.6 Å². The highest BCUT2D eigenvalue weighted by Gasteiger charge is 2.30. The number of nitrogens with zero attached hydrogens (tertiary/aromatic N) is 2. The molecule has 0 bridgehead atoms. The number of methoxy groups -OCH3 is 1. The van der Waals surface area contributed by atoms with Crippen LogP contribution in [0, 0.1) is 17.6 Å². The molecular formula is C30H32F2N2O5. The number of aromatic nitrogens is 1. The number of carboxylic acids is 1. The molecule has 9 heteroatoms. The van der Waals surface area contributed by atoms with E-state index in [4.69, 9.17) is 9.47 Å². The van der Waals surface area contributed by atoms with Crippen LogP contribution in [0.25, 0.3) is 11.1 Å². The number of aliphatic hydroxyl groups is 1. The zero-order valence-corrected chi connectivity index (χ0v) is 22.0. The van der Waals surface area contributed by atoms with Gasteiger partial charge in [-0.3, -0.25) is 9.69 Å². The summed E-state index contributed by atoms with van der Waals surface area (Å²) in [5.74, 6) is -2.35. The van der Waals surface area contributed by atoms with Gasteiger partial charge in [0.2, 0.25) is 5.88 Å². The van der Waals surface area contributed by atoms with Crippen LogP contribution in [0.5, 0.6) is 11.6 Å². The zero-order valence-electron chi connectivity index (χ0n) is 22.0. The minimum absolute atomic E-state index is 0.225. The third-order valence-corrected chi connectivity index (χ3v) is 7.77. The minimum atomic E-state index is -1.20. The number of aryl methyl sites for hydroxylation is 1. The van der Waals surface area contributed by atoms with Crippen molar-refractivity contribution < 1.29 is 33.3 Å². The fraction of sp³-hybridized carbons (Fsp3) is 0.400. The smallest absolute Gasteiger partial charge is 0.309 e. The van der Waals surface area contributed by atoms with E-state index in [-0.39, 0.29) is 11.4 Å². The van der Waals surface area contributed by atoms with E-state index in [1.54, 1.807) is 24.3 Å². The molecule has 1 fully saturated rings. The molecule has 1 aromatic heterocycles. The Morgan fingerprint density at radius 3 is 2.67 bits per heavy atom. The van der Waals surface area contributed by atoms with Crippen molar-refractivity contribution in [3.63, 3.8) is 0 Å². The van der Waals surface area contributed by atoms with Crippen molar-refractivity contribution in [2.24, 2.45) is 5.92 Å². The first-order valence-electron chi connectivity index (χ1n) is 13.2. The number of rotatable bonds is 8. The van der Waals surface area contributed by atoms with Crippen LogP contribution in [-0.4, -0.2) is 46.3 Å². The number of benzene rings is 2. The minimum Gasteiger partial charge on any atom is -0.485 e. The first-order valence-corrected chi connectivity index (χ1v) is 13.2. The molecule has 0 amide bonds. The fourth-order valence-electron chi connectivity index (χ4n) is 5.41. The van der Waals surface area contributed by atoms with E-state index in [2.05, 4.69) is 9.88 Å². The number of halogens is 2. The number of carbonyl (C=O) groups is 1. The van der Waals surface area contributed by atoms with Gasteiger partial charge in [0, 0.05) is 29.3 Å². The highest BCUT2D eigenvalue weighted by Crippen LogP contribution is 2.41. The molecule has 3 aromatic rings. The van der Waals surface area contributed by atoms with Gasteiger partial charge < -0.3 is 19.7 Å². The zero-order chi connectivity index (χ0) is 27.7. The largest absolute Gasteiger partial charge is 0.485 e. The lowest BCUT2D eigenvalue weighted by molar-refractivity contribution is -0.145. The van der Waals surface area contributed by atoms with E-state index in [1.807, 2.05) is 6.07 Å². The molecule has 7 nitrogen and oxygen atoms in total. The third-order valence-electron chi connectivity index (χ3n) is 7.77. The Labute approximate surface area is 226 Å². The highest BCUT2D eigenvalue weighted by atomic mass is 19.1. The molecule has 2 aliphatic rings. The Bertz CT molecular complexity index is 1380. The Hall–Kier alpha value is -3.56. The summed E-state index contributed by atoms with van der Waals surface area (Å²) in [7, 11) is 1.45. The molecule has 2 N–H and O–H groups in total. The topological polar surface area (TPSA) is 92.1 Å². The average Bonchev–Trinajstić information content (AvgIpc) is 3.46. The van der Waals surface area contributed by atoms with Crippen LogP contribution in [0.2, 0.25) is 0 Å². The van der Waals surface area contributed by atoms with Gasteiger partial charge >= 0.3 is 5.97 Å². The Morgan fingerprint density at radius 1 is 1.18 bits per heavy atom. The van der Waals surface area contributed by atoms with E-state index < -0.39 is 35.7 Å². The predicted molar refractivity (Wildman–Crippen MR) is 141 cm³/mol. The number of pyridine rings is 1. The van der Waals surface area contributed by atoms with Crippen LogP contribution in [0.4, 0.5) is 8.78 Å². The maximum Gasteiger partial charge on any atom is 0.309 e. The summed E-state index contributed by atoms with van der Waals surface area (Å²) in [6, 6.07) is 10.0. The predicted octanol–water partition coefficient (Wildman–Crippen LogP) is 5.45. The maximum atomic E-state index is 16.4. The van der Waals surface area contributed by atoms with Crippen molar-refractivity contribution in [3.05, 3.63) is 76.5 Å². The molecule has 0 aliphatic carbocycles. The quantitative estimate of drug-likeness (QED) is 0.394. The summed E-state index contributed by atoms with van der Waals surface area (Å²) in [6.45, 7) is 3.47. The number of aliphatic hydroxyl groups excluding tert-OH is 1. The lowest BCUT2D eigenvalue weighted by Gasteiger charge is -2.29. The normalized spacial score (nSPS) is 18.7. The van der Waals surface area contributed by atoms with Gasteiger partial charge in [0.05, 0.1) is 25.3 Å². The van der Waals surface area contributed by atoms with E-state index in [1.165, 1.54) is 20.1 Å². The van der Waals surface area contributed by atoms with Crippen LogP contribution >= 0.6 is 0 Å². The van der Waals surface area contributed by atoms with E-state index in [9.17, 15) is 19.4 Å². The summed E-state index contributed by atoms with van der Waals surface area (Å²) in [5.41, 5.74) is 2.79. The number of carboxylic acid groups (broad SMARTS) is 1. The van der Waals surface area contributed by atoms with Crippen LogP contribution < -0.4 is 9.47 Å². The average molecular weight is 539 g/mol. The number of hydrogen-bond donors (Lipinski definition) is 2. The standard InChI is InChI=1S/C30H32F2N2O5/c1-17(30(36)37)29(35)19-6-5-18-7-10-25(39-26(18)13-19)21-9-8-20(22-14-27(38-2)33-15-24(22)31)23(28(21)32)16-34-11-3-4-12-34/h5-6,8-9,13-15,17,25,29,35H,3-4,7,10-12,16H2,1-2H3,(H,36,37)/t17-,25?,29+/m0/s1. The van der Waals surface area contributed by atoms with Crippen LogP contribution in [0.3, 0.4) is 0 Å². The first-order chi connectivity index (χ1) is 18.8. The van der Waals surface area contributed by atoms with Gasteiger partial charge in [-0.2, -0.15) is 0 Å². The lowest BCUT2D eigenvalue weighted by Crippen LogP contribution is -2.22. The number of fused-ring (bicyclic) bond motifs is 1. The molecule has 0 saturated carbocycles. The summed E-state index contributed by atoms with van der Waals surface area (Å²) in [4.78, 5) is 17.4. The van der Waals surface area contributed by atoms with Gasteiger partial charge in [-0.05, 0) is 68.5 Å². The molecular weight excluding hydrogens is 506 g/mol. The second-order valence-corrected chi connectivity index (χ2v) is 10.3. The van der Waals surface area contributed by atoms with Gasteiger partial charge in [0.1, 0.15) is 23.5 Å². The fourth-order valence-corrected chi connectivity index (χ4v) is 5.41. The van der Waals surface area contributed by atoms with Gasteiger partial charge in [0.25, 0.3) is 0 Å². The summed E-state index contributed by atoms with van der Waals surface area (Å²) in [5, 5.41) is 19.8. The lowest BCUT2D eigenvalue weighted by atomic mass is 9.90. The van der Waals surface area contributed by atoms with Gasteiger partial charge in [-0.1, -0.05) is 24.3 Å². The van der Waals surface area contributed by atoms with E-state index in [0.717, 1.165) is 37.7 Å². The van der Waals surface area contributed by atoms with E-state index in [0.29, 0.717) is 47.4 Å². The van der Waals surface area contributed by atoms with Crippen LogP contribution in [0.15, 0.2) is 42.6 Å². The molecule has 3 heterocycles. The summed E-state index contributed by atoms with van der Waals surface area (Å²) >= 11 is 0. The molecule has 2 aromatic carbocycles.